The minimum atomic E-state index is -0.385. The molecule has 3 rings (SSSR count). The van der Waals surface area contributed by atoms with Crippen molar-refractivity contribution in [1.82, 2.24) is 9.97 Å². The molecule has 21 heavy (non-hydrogen) atoms. The number of methoxy groups -OCH3 is 1. The molecule has 0 radical (unpaired) electrons. The average molecular weight is 282 g/mol. The van der Waals surface area contributed by atoms with Crippen LogP contribution < -0.4 is 4.74 Å². The van der Waals surface area contributed by atoms with E-state index in [-0.39, 0.29) is 5.97 Å². The molecular formula is C16H14N2O3. The van der Waals surface area contributed by atoms with Crippen LogP contribution in [0.2, 0.25) is 0 Å². The fraction of sp³-hybridized carbons (Fsp3) is 0.125. The van der Waals surface area contributed by atoms with Crippen molar-refractivity contribution in [2.45, 2.75) is 6.61 Å². The predicted octanol–water partition coefficient (Wildman–Crippen LogP) is 2.93. The second kappa shape index (κ2) is 5.66. The summed E-state index contributed by atoms with van der Waals surface area (Å²) in [4.78, 5) is 19.1. The van der Waals surface area contributed by atoms with Crippen molar-refractivity contribution >= 4 is 17.0 Å². The lowest BCUT2D eigenvalue weighted by Crippen LogP contribution is -2.02. The molecule has 0 unspecified atom stereocenters. The summed E-state index contributed by atoms with van der Waals surface area (Å²) in [5.41, 5.74) is 2.33. The molecule has 1 heterocycles. The third-order valence-electron chi connectivity index (χ3n) is 3.07. The monoisotopic (exact) mass is 282 g/mol. The molecule has 0 spiro atoms. The van der Waals surface area contributed by atoms with E-state index in [1.807, 2.05) is 24.3 Å². The van der Waals surface area contributed by atoms with Gasteiger partial charge in [-0.05, 0) is 30.3 Å². The summed E-state index contributed by atoms with van der Waals surface area (Å²) in [7, 11) is 1.35. The number of hydrogen-bond donors (Lipinski definition) is 1. The summed E-state index contributed by atoms with van der Waals surface area (Å²) >= 11 is 0. The van der Waals surface area contributed by atoms with Gasteiger partial charge in [0.05, 0.1) is 23.7 Å². The number of hydrogen-bond acceptors (Lipinski definition) is 4. The summed E-state index contributed by atoms with van der Waals surface area (Å²) in [5.74, 6) is 0.946. The largest absolute Gasteiger partial charge is 0.486 e. The van der Waals surface area contributed by atoms with Crippen molar-refractivity contribution < 1.29 is 14.3 Å². The summed E-state index contributed by atoms with van der Waals surface area (Å²) in [5, 5.41) is 0. The van der Waals surface area contributed by atoms with Crippen molar-refractivity contribution in [2.75, 3.05) is 7.11 Å². The number of carbonyl (C=O) groups is 1. The van der Waals surface area contributed by atoms with Crippen molar-refractivity contribution in [3.05, 3.63) is 59.9 Å². The molecule has 3 aromatic rings. The van der Waals surface area contributed by atoms with Crippen LogP contribution in [0.25, 0.3) is 11.0 Å². The van der Waals surface area contributed by atoms with Crippen molar-refractivity contribution in [1.29, 1.82) is 0 Å². The van der Waals surface area contributed by atoms with Crippen LogP contribution in [0.1, 0.15) is 16.2 Å². The number of benzene rings is 2. The van der Waals surface area contributed by atoms with Gasteiger partial charge in [0.25, 0.3) is 0 Å². The lowest BCUT2D eigenvalue weighted by Gasteiger charge is -2.05. The van der Waals surface area contributed by atoms with E-state index < -0.39 is 0 Å². The summed E-state index contributed by atoms with van der Waals surface area (Å²) in [6, 6.07) is 14.7. The number of ether oxygens (including phenoxy) is 2. The van der Waals surface area contributed by atoms with E-state index >= 15 is 0 Å². The number of H-pyrrole nitrogens is 1. The van der Waals surface area contributed by atoms with E-state index in [9.17, 15) is 4.79 Å². The first-order valence-electron chi connectivity index (χ1n) is 6.51. The molecule has 5 heteroatoms. The van der Waals surface area contributed by atoms with E-state index in [0.717, 1.165) is 16.9 Å². The molecular weight excluding hydrogens is 268 g/mol. The van der Waals surface area contributed by atoms with Crippen LogP contribution in [-0.4, -0.2) is 23.0 Å². The molecule has 0 saturated carbocycles. The number of carbonyl (C=O) groups excluding carboxylic acids is 1. The molecule has 5 nitrogen and oxygen atoms in total. The molecule has 0 aliphatic heterocycles. The Morgan fingerprint density at radius 2 is 2.05 bits per heavy atom. The fourth-order valence-electron chi connectivity index (χ4n) is 2.06. The Hall–Kier alpha value is -2.82. The maximum atomic E-state index is 11.5. The van der Waals surface area contributed by atoms with Crippen LogP contribution in [0.3, 0.4) is 0 Å². The molecule has 0 saturated heterocycles. The molecule has 1 N–H and O–H groups in total. The molecule has 2 aromatic carbocycles. The van der Waals surface area contributed by atoms with E-state index in [4.69, 9.17) is 4.74 Å². The highest BCUT2D eigenvalue weighted by molar-refractivity contribution is 5.89. The van der Waals surface area contributed by atoms with Gasteiger partial charge in [-0.1, -0.05) is 18.2 Å². The topological polar surface area (TPSA) is 64.2 Å². The maximum absolute atomic E-state index is 11.5. The van der Waals surface area contributed by atoms with Crippen LogP contribution >= 0.6 is 0 Å². The zero-order valence-electron chi connectivity index (χ0n) is 11.5. The Balaban J connectivity index is 1.73. The zero-order chi connectivity index (χ0) is 14.7. The normalized spacial score (nSPS) is 10.5. The van der Waals surface area contributed by atoms with Crippen LogP contribution in [0, 0.1) is 0 Å². The number of aromatic nitrogens is 2. The van der Waals surface area contributed by atoms with E-state index in [2.05, 4.69) is 14.7 Å². The third-order valence-corrected chi connectivity index (χ3v) is 3.07. The number of esters is 1. The Bertz CT molecular complexity index is 747. The van der Waals surface area contributed by atoms with Gasteiger partial charge >= 0.3 is 5.97 Å². The molecule has 0 fully saturated rings. The first-order chi connectivity index (χ1) is 10.3. The summed E-state index contributed by atoms with van der Waals surface area (Å²) in [6.45, 7) is 0.305. The third kappa shape index (κ3) is 2.86. The fourth-order valence-corrected chi connectivity index (χ4v) is 2.06. The second-order valence-corrected chi connectivity index (χ2v) is 4.51. The maximum Gasteiger partial charge on any atom is 0.337 e. The average Bonchev–Trinajstić information content (AvgIpc) is 2.95. The number of nitrogens with zero attached hydrogens (tertiary/aromatic N) is 1. The van der Waals surface area contributed by atoms with Crippen molar-refractivity contribution in [3.63, 3.8) is 0 Å². The van der Waals surface area contributed by atoms with Crippen molar-refractivity contribution in [3.8, 4) is 5.75 Å². The Morgan fingerprint density at radius 3 is 2.86 bits per heavy atom. The van der Waals surface area contributed by atoms with Crippen LogP contribution in [0.15, 0.2) is 48.5 Å². The Morgan fingerprint density at radius 1 is 1.19 bits per heavy atom. The standard InChI is InChI=1S/C16H14N2O3/c1-20-16(19)11-5-4-6-12(9-11)21-10-15-17-13-7-2-3-8-14(13)18-15/h2-9H,10H2,1H3,(H,17,18). The lowest BCUT2D eigenvalue weighted by atomic mass is 10.2. The van der Waals surface area contributed by atoms with Gasteiger partial charge in [-0.25, -0.2) is 9.78 Å². The molecule has 0 aliphatic carbocycles. The van der Waals surface area contributed by atoms with Gasteiger partial charge in [0, 0.05) is 0 Å². The van der Waals surface area contributed by atoms with E-state index in [0.29, 0.717) is 17.9 Å². The molecule has 0 bridgehead atoms. The molecule has 0 atom stereocenters. The highest BCUT2D eigenvalue weighted by Crippen LogP contribution is 2.16. The predicted molar refractivity (Wildman–Crippen MR) is 78.2 cm³/mol. The van der Waals surface area contributed by atoms with Crippen LogP contribution in [0.5, 0.6) is 5.75 Å². The highest BCUT2D eigenvalue weighted by atomic mass is 16.5. The number of fused-ring (bicyclic) bond motifs is 1. The molecule has 106 valence electrons. The minimum Gasteiger partial charge on any atom is -0.486 e. The number of imidazole rings is 1. The van der Waals surface area contributed by atoms with Gasteiger partial charge in [-0.15, -0.1) is 0 Å². The van der Waals surface area contributed by atoms with E-state index in [1.54, 1.807) is 24.3 Å². The first-order valence-corrected chi connectivity index (χ1v) is 6.51. The van der Waals surface area contributed by atoms with Gasteiger partial charge in [0.15, 0.2) is 0 Å². The van der Waals surface area contributed by atoms with E-state index in [1.165, 1.54) is 7.11 Å². The number of nitrogens with one attached hydrogen (secondary N) is 1. The molecule has 0 aliphatic rings. The first kappa shape index (κ1) is 13.2. The van der Waals surface area contributed by atoms with Gasteiger partial charge in [-0.2, -0.15) is 0 Å². The summed E-state index contributed by atoms with van der Waals surface area (Å²) in [6.07, 6.45) is 0. The quantitative estimate of drug-likeness (QED) is 0.747. The Kier molecular flexibility index (Phi) is 3.55. The number of aromatic amines is 1. The summed E-state index contributed by atoms with van der Waals surface area (Å²) < 4.78 is 10.3. The SMILES string of the molecule is COC(=O)c1cccc(OCc2nc3ccccc3[nH]2)c1. The number of para-hydroxylation sites is 2. The molecule has 1 aromatic heterocycles. The smallest absolute Gasteiger partial charge is 0.337 e. The van der Waals surface area contributed by atoms with Gasteiger partial charge in [-0.3, -0.25) is 0 Å². The van der Waals surface area contributed by atoms with Gasteiger partial charge in [0.1, 0.15) is 18.2 Å². The van der Waals surface area contributed by atoms with Crippen molar-refractivity contribution in [2.24, 2.45) is 0 Å². The second-order valence-electron chi connectivity index (χ2n) is 4.51. The zero-order valence-corrected chi connectivity index (χ0v) is 11.5. The Labute approximate surface area is 121 Å². The van der Waals surface area contributed by atoms with Crippen LogP contribution in [0.4, 0.5) is 0 Å². The van der Waals surface area contributed by atoms with Crippen LogP contribution in [-0.2, 0) is 11.3 Å². The minimum absolute atomic E-state index is 0.305. The molecule has 0 amide bonds. The highest BCUT2D eigenvalue weighted by Gasteiger charge is 2.07. The number of rotatable bonds is 4. The van der Waals surface area contributed by atoms with Gasteiger partial charge < -0.3 is 14.5 Å². The lowest BCUT2D eigenvalue weighted by molar-refractivity contribution is 0.0600. The van der Waals surface area contributed by atoms with Gasteiger partial charge in [0.2, 0.25) is 0 Å².